The van der Waals surface area contributed by atoms with Gasteiger partial charge in [-0.25, -0.2) is 8.42 Å². The van der Waals surface area contributed by atoms with Crippen LogP contribution < -0.4 is 0 Å². The largest absolute Gasteiger partial charge is 0.379 e. The van der Waals surface area contributed by atoms with Gasteiger partial charge >= 0.3 is 0 Å². The lowest BCUT2D eigenvalue weighted by Gasteiger charge is -2.53. The van der Waals surface area contributed by atoms with Gasteiger partial charge in [-0.1, -0.05) is 0 Å². The number of aliphatic hydroxyl groups is 1. The van der Waals surface area contributed by atoms with E-state index in [2.05, 4.69) is 0 Å². The van der Waals surface area contributed by atoms with Gasteiger partial charge in [0.05, 0.1) is 11.5 Å². The molecule has 5 heteroatoms. The summed E-state index contributed by atoms with van der Waals surface area (Å²) in [7, 11) is -2.75. The van der Waals surface area contributed by atoms with Crippen LogP contribution in [0.15, 0.2) is 0 Å². The van der Waals surface area contributed by atoms with Crippen molar-refractivity contribution < 1.29 is 13.5 Å². The van der Waals surface area contributed by atoms with Crippen LogP contribution in [-0.4, -0.2) is 49.2 Å². The third-order valence-electron chi connectivity index (χ3n) is 3.49. The van der Waals surface area contributed by atoms with E-state index in [9.17, 15) is 13.5 Å². The number of nitrogens with zero attached hydrogens (tertiary/aromatic N) is 1. The number of sulfone groups is 1. The first-order valence-electron chi connectivity index (χ1n) is 5.05. The lowest BCUT2D eigenvalue weighted by molar-refractivity contribution is -0.105. The first-order chi connectivity index (χ1) is 6.43. The monoisotopic (exact) mass is 219 g/mol. The molecule has 2 fully saturated rings. The Bertz CT molecular complexity index is 301. The van der Waals surface area contributed by atoms with E-state index in [-0.39, 0.29) is 11.6 Å². The van der Waals surface area contributed by atoms with Crippen molar-refractivity contribution >= 4 is 9.84 Å². The third kappa shape index (κ3) is 1.81. The van der Waals surface area contributed by atoms with Crippen molar-refractivity contribution in [2.75, 3.05) is 24.6 Å². The zero-order valence-corrected chi connectivity index (χ0v) is 9.26. The van der Waals surface area contributed by atoms with Crippen molar-refractivity contribution in [1.29, 1.82) is 0 Å². The minimum absolute atomic E-state index is 0.197. The predicted octanol–water partition coefficient (Wildman–Crippen LogP) is -0.165. The molecule has 82 valence electrons. The van der Waals surface area contributed by atoms with Crippen LogP contribution in [0, 0.1) is 5.41 Å². The van der Waals surface area contributed by atoms with Crippen molar-refractivity contribution in [2.24, 2.45) is 5.41 Å². The van der Waals surface area contributed by atoms with Gasteiger partial charge in [0.2, 0.25) is 0 Å². The Kier molecular flexibility index (Phi) is 2.36. The molecule has 0 aromatic rings. The minimum Gasteiger partial charge on any atom is -0.379 e. The molecule has 14 heavy (non-hydrogen) atoms. The summed E-state index contributed by atoms with van der Waals surface area (Å²) in [5.74, 6) is 0.668. The van der Waals surface area contributed by atoms with Crippen LogP contribution in [0.2, 0.25) is 0 Å². The standard InChI is InChI=1S/C9H17NO3S/c1-8(11)10-6-9(7-10)2-4-14(12,13)5-3-9/h8,11H,2-7H2,1H3. The van der Waals surface area contributed by atoms with Crippen molar-refractivity contribution in [3.05, 3.63) is 0 Å². The fourth-order valence-corrected chi connectivity index (χ4v) is 4.06. The minimum atomic E-state index is -2.75. The number of hydrogen-bond donors (Lipinski definition) is 1. The van der Waals surface area contributed by atoms with E-state index in [1.54, 1.807) is 6.92 Å². The van der Waals surface area contributed by atoms with E-state index >= 15 is 0 Å². The molecule has 1 unspecified atom stereocenters. The molecule has 1 atom stereocenters. The summed E-state index contributed by atoms with van der Waals surface area (Å²) in [6, 6.07) is 0. The maximum Gasteiger partial charge on any atom is 0.150 e. The topological polar surface area (TPSA) is 57.6 Å². The molecule has 0 bridgehead atoms. The lowest BCUT2D eigenvalue weighted by Crippen LogP contribution is -2.61. The highest BCUT2D eigenvalue weighted by molar-refractivity contribution is 7.91. The highest BCUT2D eigenvalue weighted by Gasteiger charge is 2.47. The first-order valence-corrected chi connectivity index (χ1v) is 6.87. The van der Waals surface area contributed by atoms with Gasteiger partial charge in [-0.15, -0.1) is 0 Å². The second-order valence-corrected chi connectivity index (χ2v) is 6.99. The maximum absolute atomic E-state index is 11.2. The molecule has 2 heterocycles. The molecular weight excluding hydrogens is 202 g/mol. The van der Waals surface area contributed by atoms with Gasteiger partial charge in [-0.3, -0.25) is 4.90 Å². The highest BCUT2D eigenvalue weighted by Crippen LogP contribution is 2.41. The zero-order valence-electron chi connectivity index (χ0n) is 8.44. The highest BCUT2D eigenvalue weighted by atomic mass is 32.2. The molecular formula is C9H17NO3S. The van der Waals surface area contributed by atoms with Crippen LogP contribution in [0.1, 0.15) is 19.8 Å². The molecule has 2 saturated heterocycles. The van der Waals surface area contributed by atoms with Gasteiger partial charge in [0.25, 0.3) is 0 Å². The molecule has 2 aliphatic rings. The molecule has 0 aliphatic carbocycles. The molecule has 2 rings (SSSR count). The van der Waals surface area contributed by atoms with Gasteiger partial charge in [0.15, 0.2) is 0 Å². The molecule has 0 radical (unpaired) electrons. The van der Waals surface area contributed by atoms with Crippen LogP contribution in [0.5, 0.6) is 0 Å². The van der Waals surface area contributed by atoms with E-state index in [0.717, 1.165) is 25.9 Å². The van der Waals surface area contributed by atoms with E-state index in [4.69, 9.17) is 0 Å². The Morgan fingerprint density at radius 1 is 1.29 bits per heavy atom. The summed E-state index contributed by atoms with van der Waals surface area (Å²) < 4.78 is 22.5. The quantitative estimate of drug-likeness (QED) is 0.665. The molecule has 1 spiro atoms. The number of likely N-dealkylation sites (tertiary alicyclic amines) is 1. The number of aliphatic hydroxyl groups excluding tert-OH is 1. The van der Waals surface area contributed by atoms with Crippen LogP contribution in [0.3, 0.4) is 0 Å². The molecule has 0 amide bonds. The van der Waals surface area contributed by atoms with Crippen LogP contribution in [0.25, 0.3) is 0 Å². The Hall–Kier alpha value is -0.130. The summed E-state index contributed by atoms with van der Waals surface area (Å²) in [6.07, 6.45) is 1.16. The average Bonchev–Trinajstić information content (AvgIpc) is 2.00. The number of rotatable bonds is 1. The van der Waals surface area contributed by atoms with Crippen LogP contribution in [-0.2, 0) is 9.84 Å². The Morgan fingerprint density at radius 3 is 2.21 bits per heavy atom. The number of hydrogen-bond acceptors (Lipinski definition) is 4. The van der Waals surface area contributed by atoms with E-state index < -0.39 is 9.84 Å². The van der Waals surface area contributed by atoms with Gasteiger partial charge in [0.1, 0.15) is 16.1 Å². The van der Waals surface area contributed by atoms with Crippen molar-refractivity contribution in [3.8, 4) is 0 Å². The summed E-state index contributed by atoms with van der Waals surface area (Å²) in [4.78, 5) is 1.98. The molecule has 0 aromatic carbocycles. The molecule has 0 aromatic heterocycles. The van der Waals surface area contributed by atoms with Crippen LogP contribution in [0.4, 0.5) is 0 Å². The van der Waals surface area contributed by atoms with Gasteiger partial charge in [0, 0.05) is 13.1 Å². The van der Waals surface area contributed by atoms with Crippen LogP contribution >= 0.6 is 0 Å². The summed E-state index contributed by atoms with van der Waals surface area (Å²) in [5, 5.41) is 9.30. The average molecular weight is 219 g/mol. The first kappa shape index (κ1) is 10.4. The second-order valence-electron chi connectivity index (χ2n) is 4.69. The Balaban J connectivity index is 1.92. The second kappa shape index (κ2) is 3.18. The van der Waals surface area contributed by atoms with Crippen molar-refractivity contribution in [1.82, 2.24) is 4.90 Å². The molecule has 0 saturated carbocycles. The molecule has 2 aliphatic heterocycles. The smallest absolute Gasteiger partial charge is 0.150 e. The van der Waals surface area contributed by atoms with Crippen molar-refractivity contribution in [2.45, 2.75) is 26.0 Å². The van der Waals surface area contributed by atoms with Gasteiger partial charge in [-0.05, 0) is 25.2 Å². The van der Waals surface area contributed by atoms with Gasteiger partial charge < -0.3 is 5.11 Å². The summed E-state index contributed by atoms with van der Waals surface area (Å²) in [5.41, 5.74) is 0.197. The normalized spacial score (nSPS) is 32.4. The fourth-order valence-electron chi connectivity index (χ4n) is 2.37. The van der Waals surface area contributed by atoms with E-state index in [1.165, 1.54) is 0 Å². The SMILES string of the molecule is CC(O)N1CC2(CCS(=O)(=O)CC2)C1. The predicted molar refractivity (Wildman–Crippen MR) is 53.6 cm³/mol. The lowest BCUT2D eigenvalue weighted by atomic mass is 9.74. The van der Waals surface area contributed by atoms with E-state index in [1.807, 2.05) is 4.90 Å². The third-order valence-corrected chi connectivity index (χ3v) is 5.14. The molecule has 1 N–H and O–H groups in total. The van der Waals surface area contributed by atoms with Gasteiger partial charge in [-0.2, -0.15) is 0 Å². The summed E-state index contributed by atoms with van der Waals surface area (Å²) in [6.45, 7) is 3.48. The molecule has 4 nitrogen and oxygen atoms in total. The van der Waals surface area contributed by atoms with Crippen molar-refractivity contribution in [3.63, 3.8) is 0 Å². The summed E-state index contributed by atoms with van der Waals surface area (Å²) >= 11 is 0. The van der Waals surface area contributed by atoms with E-state index in [0.29, 0.717) is 11.5 Å². The Morgan fingerprint density at radius 2 is 1.79 bits per heavy atom. The maximum atomic E-state index is 11.2. The fraction of sp³-hybridized carbons (Fsp3) is 1.00. The Labute approximate surface area is 84.8 Å². The zero-order chi connectivity index (χ0) is 10.4.